The van der Waals surface area contributed by atoms with E-state index >= 15 is 0 Å². The van der Waals surface area contributed by atoms with Crippen molar-refractivity contribution in [3.8, 4) is 5.75 Å². The van der Waals surface area contributed by atoms with Crippen LogP contribution in [-0.2, 0) is 17.8 Å². The van der Waals surface area contributed by atoms with Crippen molar-refractivity contribution < 1.29 is 9.53 Å². The number of nitrogens with one attached hydrogen (secondary N) is 1. The molecule has 3 rings (SSSR count). The minimum Gasteiger partial charge on any atom is -0.496 e. The standard InChI is InChI=1S/C21H26N2O2/c1-25-20-10-6-5-9-18(20)15-21(24)23-13-11-19(12-14-23)22-16-17-7-3-2-4-8-17/h2-10,19,22H,11-16H2,1H3. The molecule has 0 bridgehead atoms. The molecule has 4 nitrogen and oxygen atoms in total. The van der Waals surface area contributed by atoms with E-state index in [1.54, 1.807) is 7.11 Å². The number of carbonyl (C=O) groups excluding carboxylic acids is 1. The van der Waals surface area contributed by atoms with Crippen molar-refractivity contribution in [3.63, 3.8) is 0 Å². The molecular weight excluding hydrogens is 312 g/mol. The van der Waals surface area contributed by atoms with Crippen LogP contribution in [0.2, 0.25) is 0 Å². The van der Waals surface area contributed by atoms with Gasteiger partial charge in [0, 0.05) is 31.2 Å². The third-order valence-corrected chi connectivity index (χ3v) is 4.82. The van der Waals surface area contributed by atoms with Gasteiger partial charge in [0.15, 0.2) is 0 Å². The smallest absolute Gasteiger partial charge is 0.227 e. The lowest BCUT2D eigenvalue weighted by Crippen LogP contribution is -2.45. The van der Waals surface area contributed by atoms with Gasteiger partial charge in [-0.2, -0.15) is 0 Å². The fraction of sp³-hybridized carbons (Fsp3) is 0.381. The molecule has 1 fully saturated rings. The monoisotopic (exact) mass is 338 g/mol. The summed E-state index contributed by atoms with van der Waals surface area (Å²) >= 11 is 0. The summed E-state index contributed by atoms with van der Waals surface area (Å²) in [6, 6.07) is 18.7. The molecule has 2 aromatic rings. The zero-order valence-electron chi connectivity index (χ0n) is 14.8. The lowest BCUT2D eigenvalue weighted by Gasteiger charge is -2.32. The van der Waals surface area contributed by atoms with Crippen molar-refractivity contribution >= 4 is 5.91 Å². The number of benzene rings is 2. The van der Waals surface area contributed by atoms with Crippen molar-refractivity contribution in [2.75, 3.05) is 20.2 Å². The average molecular weight is 338 g/mol. The van der Waals surface area contributed by atoms with Gasteiger partial charge < -0.3 is 15.0 Å². The van der Waals surface area contributed by atoms with Crippen molar-refractivity contribution in [2.45, 2.75) is 31.8 Å². The van der Waals surface area contributed by atoms with Crippen LogP contribution in [0.5, 0.6) is 5.75 Å². The van der Waals surface area contributed by atoms with E-state index in [4.69, 9.17) is 4.74 Å². The second kappa shape index (κ2) is 8.67. The molecule has 2 aromatic carbocycles. The number of hydrogen-bond acceptors (Lipinski definition) is 3. The highest BCUT2D eigenvalue weighted by Crippen LogP contribution is 2.20. The minimum atomic E-state index is 0.186. The van der Waals surface area contributed by atoms with Crippen LogP contribution >= 0.6 is 0 Å². The first-order valence-electron chi connectivity index (χ1n) is 8.93. The van der Waals surface area contributed by atoms with Gasteiger partial charge in [0.2, 0.25) is 5.91 Å². The van der Waals surface area contributed by atoms with Crippen molar-refractivity contribution in [1.29, 1.82) is 0 Å². The highest BCUT2D eigenvalue weighted by Gasteiger charge is 2.23. The average Bonchev–Trinajstić information content (AvgIpc) is 2.68. The Morgan fingerprint density at radius 2 is 1.76 bits per heavy atom. The summed E-state index contributed by atoms with van der Waals surface area (Å²) in [5.41, 5.74) is 2.26. The van der Waals surface area contributed by atoms with Crippen molar-refractivity contribution in [3.05, 3.63) is 65.7 Å². The summed E-state index contributed by atoms with van der Waals surface area (Å²) in [5, 5.41) is 3.61. The molecule has 132 valence electrons. The van der Waals surface area contributed by atoms with Gasteiger partial charge in [-0.05, 0) is 24.5 Å². The van der Waals surface area contributed by atoms with Crippen LogP contribution in [0.3, 0.4) is 0 Å². The van der Waals surface area contributed by atoms with E-state index in [1.807, 2.05) is 35.2 Å². The van der Waals surface area contributed by atoms with Crippen LogP contribution in [0, 0.1) is 0 Å². The molecule has 25 heavy (non-hydrogen) atoms. The van der Waals surface area contributed by atoms with Crippen molar-refractivity contribution in [1.82, 2.24) is 10.2 Å². The van der Waals surface area contributed by atoms with Gasteiger partial charge in [-0.25, -0.2) is 0 Å². The van der Waals surface area contributed by atoms with Gasteiger partial charge in [0.1, 0.15) is 5.75 Å². The van der Waals surface area contributed by atoms with E-state index in [2.05, 4.69) is 29.6 Å². The molecule has 4 heteroatoms. The maximum Gasteiger partial charge on any atom is 0.227 e. The van der Waals surface area contributed by atoms with Gasteiger partial charge in [0.25, 0.3) is 0 Å². The third kappa shape index (κ3) is 4.83. The van der Waals surface area contributed by atoms with Crippen LogP contribution in [0.25, 0.3) is 0 Å². The lowest BCUT2D eigenvalue weighted by molar-refractivity contribution is -0.131. The summed E-state index contributed by atoms with van der Waals surface area (Å²) in [4.78, 5) is 14.6. The molecule has 1 N–H and O–H groups in total. The quantitative estimate of drug-likeness (QED) is 0.880. The Balaban J connectivity index is 1.46. The van der Waals surface area contributed by atoms with Crippen LogP contribution in [-0.4, -0.2) is 37.0 Å². The minimum absolute atomic E-state index is 0.186. The van der Waals surface area contributed by atoms with E-state index in [-0.39, 0.29) is 5.91 Å². The second-order valence-electron chi connectivity index (χ2n) is 6.51. The maximum absolute atomic E-state index is 12.6. The number of piperidine rings is 1. The molecular formula is C21H26N2O2. The van der Waals surface area contributed by atoms with Gasteiger partial charge in [-0.1, -0.05) is 48.5 Å². The Hall–Kier alpha value is -2.33. The number of likely N-dealkylation sites (tertiary alicyclic amines) is 1. The second-order valence-corrected chi connectivity index (χ2v) is 6.51. The topological polar surface area (TPSA) is 41.6 Å². The maximum atomic E-state index is 12.6. The van der Waals surface area contributed by atoms with E-state index in [0.717, 1.165) is 43.8 Å². The SMILES string of the molecule is COc1ccccc1CC(=O)N1CCC(NCc2ccccc2)CC1. The van der Waals surface area contributed by atoms with Gasteiger partial charge in [0.05, 0.1) is 13.5 Å². The number of carbonyl (C=O) groups is 1. The van der Waals surface area contributed by atoms with Gasteiger partial charge in [-0.3, -0.25) is 4.79 Å². The fourth-order valence-electron chi connectivity index (χ4n) is 3.31. The van der Waals surface area contributed by atoms with E-state index < -0.39 is 0 Å². The van der Waals surface area contributed by atoms with Crippen molar-refractivity contribution in [2.24, 2.45) is 0 Å². The number of ether oxygens (including phenoxy) is 1. The molecule has 1 aliphatic rings. The third-order valence-electron chi connectivity index (χ3n) is 4.82. The number of nitrogens with zero attached hydrogens (tertiary/aromatic N) is 1. The first-order chi connectivity index (χ1) is 12.3. The van der Waals surface area contributed by atoms with Crippen LogP contribution in [0.4, 0.5) is 0 Å². The Labute approximate surface area is 149 Å². The van der Waals surface area contributed by atoms with E-state index in [0.29, 0.717) is 12.5 Å². The first kappa shape index (κ1) is 17.5. The number of amides is 1. The Morgan fingerprint density at radius 1 is 1.08 bits per heavy atom. The van der Waals surface area contributed by atoms with Crippen LogP contribution in [0.1, 0.15) is 24.0 Å². The molecule has 0 radical (unpaired) electrons. The van der Waals surface area contributed by atoms with Gasteiger partial charge >= 0.3 is 0 Å². The predicted molar refractivity (Wildman–Crippen MR) is 99.6 cm³/mol. The molecule has 1 amide bonds. The number of para-hydroxylation sites is 1. The molecule has 0 aromatic heterocycles. The Bertz CT molecular complexity index is 679. The molecule has 0 spiro atoms. The predicted octanol–water partition coefficient (Wildman–Crippen LogP) is 3.02. The molecule has 0 saturated carbocycles. The summed E-state index contributed by atoms with van der Waals surface area (Å²) in [6.07, 6.45) is 2.42. The largest absolute Gasteiger partial charge is 0.496 e. The molecule has 0 atom stereocenters. The summed E-state index contributed by atoms with van der Waals surface area (Å²) in [6.45, 7) is 2.53. The highest BCUT2D eigenvalue weighted by molar-refractivity contribution is 5.79. The fourth-order valence-corrected chi connectivity index (χ4v) is 3.31. The molecule has 0 aliphatic carbocycles. The molecule has 0 unspecified atom stereocenters. The van der Waals surface area contributed by atoms with Gasteiger partial charge in [-0.15, -0.1) is 0 Å². The summed E-state index contributed by atoms with van der Waals surface area (Å²) in [7, 11) is 1.65. The van der Waals surface area contributed by atoms with E-state index in [1.165, 1.54) is 5.56 Å². The van der Waals surface area contributed by atoms with Crippen LogP contribution < -0.4 is 10.1 Å². The normalized spacial score (nSPS) is 15.2. The highest BCUT2D eigenvalue weighted by atomic mass is 16.5. The Kier molecular flexibility index (Phi) is 6.07. The zero-order valence-corrected chi connectivity index (χ0v) is 14.8. The summed E-state index contributed by atoms with van der Waals surface area (Å²) < 4.78 is 5.34. The zero-order chi connectivity index (χ0) is 17.5. The number of methoxy groups -OCH3 is 1. The lowest BCUT2D eigenvalue weighted by atomic mass is 10.0. The summed E-state index contributed by atoms with van der Waals surface area (Å²) in [5.74, 6) is 0.973. The molecule has 1 saturated heterocycles. The van der Waals surface area contributed by atoms with E-state index in [9.17, 15) is 4.79 Å². The number of hydrogen-bond donors (Lipinski definition) is 1. The molecule has 1 heterocycles. The number of rotatable bonds is 6. The van der Waals surface area contributed by atoms with Crippen LogP contribution in [0.15, 0.2) is 54.6 Å². The first-order valence-corrected chi connectivity index (χ1v) is 8.93. The Morgan fingerprint density at radius 3 is 2.48 bits per heavy atom. The molecule has 1 aliphatic heterocycles.